The number of benzene rings is 2. The molecule has 0 spiro atoms. The zero-order chi connectivity index (χ0) is 16.1. The average molecular weight is 428 g/mol. The summed E-state index contributed by atoms with van der Waals surface area (Å²) in [7, 11) is 1.35. The topological polar surface area (TPSA) is 63.6 Å². The fourth-order valence-corrected chi connectivity index (χ4v) is 3.59. The Kier molecular flexibility index (Phi) is 5.84. The largest absolute Gasteiger partial charge is 0.481 e. The van der Waals surface area contributed by atoms with Crippen molar-refractivity contribution in [2.45, 2.75) is 16.2 Å². The standard InChI is InChI=1S/C16H13IO4S/c1-21-16(20)10-2-5-12(6-3-10)22-13-7-4-11(8-15(18)19)14(17)9-13/h2-7,9H,8H2,1H3,(H,18,19). The molecule has 0 bridgehead atoms. The predicted octanol–water partition coefficient (Wildman–Crippen LogP) is 3.86. The molecule has 0 radical (unpaired) electrons. The van der Waals surface area contributed by atoms with E-state index in [0.717, 1.165) is 18.9 Å². The van der Waals surface area contributed by atoms with Crippen LogP contribution >= 0.6 is 34.4 Å². The molecular formula is C16H13IO4S. The minimum atomic E-state index is -0.836. The first kappa shape index (κ1) is 16.8. The minimum Gasteiger partial charge on any atom is -0.481 e. The molecule has 0 aromatic heterocycles. The van der Waals surface area contributed by atoms with E-state index in [2.05, 4.69) is 27.3 Å². The number of aliphatic carboxylic acids is 1. The third kappa shape index (κ3) is 4.48. The highest BCUT2D eigenvalue weighted by molar-refractivity contribution is 14.1. The van der Waals surface area contributed by atoms with Crippen LogP contribution in [-0.2, 0) is 16.0 Å². The van der Waals surface area contributed by atoms with Gasteiger partial charge in [-0.3, -0.25) is 4.79 Å². The Balaban J connectivity index is 2.12. The summed E-state index contributed by atoms with van der Waals surface area (Å²) >= 11 is 3.70. The third-order valence-corrected chi connectivity index (χ3v) is 4.88. The second-order valence-electron chi connectivity index (χ2n) is 4.44. The van der Waals surface area contributed by atoms with E-state index in [-0.39, 0.29) is 12.4 Å². The number of carboxylic acid groups (broad SMARTS) is 1. The van der Waals surface area contributed by atoms with E-state index in [1.54, 1.807) is 23.9 Å². The Bertz CT molecular complexity index is 698. The third-order valence-electron chi connectivity index (χ3n) is 2.88. The molecule has 2 aromatic rings. The normalized spacial score (nSPS) is 10.3. The number of hydrogen-bond donors (Lipinski definition) is 1. The molecule has 0 heterocycles. The molecule has 0 saturated carbocycles. The van der Waals surface area contributed by atoms with Crippen LogP contribution < -0.4 is 0 Å². The van der Waals surface area contributed by atoms with Crippen LogP contribution in [0, 0.1) is 3.57 Å². The van der Waals surface area contributed by atoms with Gasteiger partial charge in [-0.1, -0.05) is 17.8 Å². The van der Waals surface area contributed by atoms with Crippen LogP contribution in [0.3, 0.4) is 0 Å². The summed E-state index contributed by atoms with van der Waals surface area (Å²) in [6.45, 7) is 0. The van der Waals surface area contributed by atoms with Crippen molar-refractivity contribution in [2.24, 2.45) is 0 Å². The van der Waals surface area contributed by atoms with Crippen LogP contribution in [-0.4, -0.2) is 24.2 Å². The number of carbonyl (C=O) groups excluding carboxylic acids is 1. The van der Waals surface area contributed by atoms with Crippen LogP contribution in [0.15, 0.2) is 52.3 Å². The van der Waals surface area contributed by atoms with E-state index in [9.17, 15) is 9.59 Å². The molecule has 1 N–H and O–H groups in total. The summed E-state index contributed by atoms with van der Waals surface area (Å²) in [4.78, 5) is 24.2. The lowest BCUT2D eigenvalue weighted by Gasteiger charge is -2.06. The van der Waals surface area contributed by atoms with Crippen LogP contribution in [0.4, 0.5) is 0 Å². The average Bonchev–Trinajstić information content (AvgIpc) is 2.49. The molecule has 0 aliphatic rings. The molecule has 0 amide bonds. The highest BCUT2D eigenvalue weighted by Gasteiger charge is 2.08. The lowest BCUT2D eigenvalue weighted by Crippen LogP contribution is -2.01. The molecule has 0 aliphatic carbocycles. The highest BCUT2D eigenvalue weighted by atomic mass is 127. The van der Waals surface area contributed by atoms with Crippen molar-refractivity contribution in [2.75, 3.05) is 7.11 Å². The van der Waals surface area contributed by atoms with E-state index in [0.29, 0.717) is 5.56 Å². The van der Waals surface area contributed by atoms with Gasteiger partial charge in [0.1, 0.15) is 0 Å². The van der Waals surface area contributed by atoms with E-state index in [1.807, 2.05) is 30.3 Å². The first-order valence-corrected chi connectivity index (χ1v) is 8.25. The smallest absolute Gasteiger partial charge is 0.337 e. The maximum atomic E-state index is 11.4. The Morgan fingerprint density at radius 2 is 1.77 bits per heavy atom. The van der Waals surface area contributed by atoms with Gasteiger partial charge in [0.15, 0.2) is 0 Å². The molecule has 0 saturated heterocycles. The van der Waals surface area contributed by atoms with E-state index < -0.39 is 5.97 Å². The van der Waals surface area contributed by atoms with Crippen molar-refractivity contribution in [3.8, 4) is 0 Å². The van der Waals surface area contributed by atoms with E-state index in [1.165, 1.54) is 7.11 Å². The Morgan fingerprint density at radius 3 is 2.32 bits per heavy atom. The van der Waals surface area contributed by atoms with Crippen LogP contribution in [0.5, 0.6) is 0 Å². The number of halogens is 1. The van der Waals surface area contributed by atoms with Gasteiger partial charge in [0.2, 0.25) is 0 Å². The van der Waals surface area contributed by atoms with Gasteiger partial charge in [0, 0.05) is 13.4 Å². The van der Waals surface area contributed by atoms with Gasteiger partial charge in [-0.2, -0.15) is 0 Å². The van der Waals surface area contributed by atoms with Gasteiger partial charge in [-0.15, -0.1) is 0 Å². The highest BCUT2D eigenvalue weighted by Crippen LogP contribution is 2.30. The van der Waals surface area contributed by atoms with E-state index in [4.69, 9.17) is 5.11 Å². The zero-order valence-electron chi connectivity index (χ0n) is 11.7. The Morgan fingerprint density at radius 1 is 1.14 bits per heavy atom. The van der Waals surface area contributed by atoms with Crippen LogP contribution in [0.25, 0.3) is 0 Å². The molecule has 2 aromatic carbocycles. The second kappa shape index (κ2) is 7.64. The van der Waals surface area contributed by atoms with Crippen molar-refractivity contribution in [3.63, 3.8) is 0 Å². The lowest BCUT2D eigenvalue weighted by atomic mass is 10.2. The molecule has 0 fully saturated rings. The molecule has 22 heavy (non-hydrogen) atoms. The molecule has 0 aliphatic heterocycles. The molecule has 114 valence electrons. The summed E-state index contributed by atoms with van der Waals surface area (Å²) in [5.41, 5.74) is 1.32. The first-order valence-electron chi connectivity index (χ1n) is 6.36. The number of methoxy groups -OCH3 is 1. The monoisotopic (exact) mass is 428 g/mol. The quantitative estimate of drug-likeness (QED) is 0.579. The van der Waals surface area contributed by atoms with Gasteiger partial charge >= 0.3 is 11.9 Å². The zero-order valence-corrected chi connectivity index (χ0v) is 14.7. The number of rotatable bonds is 5. The summed E-state index contributed by atoms with van der Waals surface area (Å²) < 4.78 is 5.59. The van der Waals surface area contributed by atoms with Crippen molar-refractivity contribution < 1.29 is 19.4 Å². The van der Waals surface area contributed by atoms with Crippen molar-refractivity contribution in [1.82, 2.24) is 0 Å². The van der Waals surface area contributed by atoms with E-state index >= 15 is 0 Å². The van der Waals surface area contributed by atoms with Crippen molar-refractivity contribution in [3.05, 3.63) is 57.2 Å². The number of ether oxygens (including phenoxy) is 1. The number of hydrogen-bond acceptors (Lipinski definition) is 4. The Hall–Kier alpha value is -1.54. The summed E-state index contributed by atoms with van der Waals surface area (Å²) in [5, 5.41) is 8.84. The molecule has 2 rings (SSSR count). The van der Waals surface area contributed by atoms with Crippen LogP contribution in [0.1, 0.15) is 15.9 Å². The molecule has 0 unspecified atom stereocenters. The molecule has 6 heteroatoms. The molecular weight excluding hydrogens is 415 g/mol. The fourth-order valence-electron chi connectivity index (χ4n) is 1.81. The second-order valence-corrected chi connectivity index (χ2v) is 6.75. The number of carboxylic acids is 1. The SMILES string of the molecule is COC(=O)c1ccc(Sc2ccc(CC(=O)O)c(I)c2)cc1. The van der Waals surface area contributed by atoms with Crippen molar-refractivity contribution >= 4 is 46.3 Å². The summed E-state index contributed by atoms with van der Waals surface area (Å²) in [6, 6.07) is 12.8. The van der Waals surface area contributed by atoms with Gasteiger partial charge in [0.25, 0.3) is 0 Å². The summed E-state index contributed by atoms with van der Waals surface area (Å²) in [6.07, 6.45) is 0.0248. The van der Waals surface area contributed by atoms with Crippen molar-refractivity contribution in [1.29, 1.82) is 0 Å². The van der Waals surface area contributed by atoms with Gasteiger partial charge in [-0.05, 0) is 64.6 Å². The predicted molar refractivity (Wildman–Crippen MR) is 92.4 cm³/mol. The molecule has 0 atom stereocenters. The van der Waals surface area contributed by atoms with Gasteiger partial charge < -0.3 is 9.84 Å². The van der Waals surface area contributed by atoms with Gasteiger partial charge in [0.05, 0.1) is 19.1 Å². The fraction of sp³-hybridized carbons (Fsp3) is 0.125. The number of esters is 1. The first-order chi connectivity index (χ1) is 10.5. The van der Waals surface area contributed by atoms with Gasteiger partial charge in [-0.25, -0.2) is 4.79 Å². The van der Waals surface area contributed by atoms with Crippen LogP contribution in [0.2, 0.25) is 0 Å². The lowest BCUT2D eigenvalue weighted by molar-refractivity contribution is -0.136. The maximum Gasteiger partial charge on any atom is 0.337 e. The number of carbonyl (C=O) groups is 2. The maximum absolute atomic E-state index is 11.4. The summed E-state index contributed by atoms with van der Waals surface area (Å²) in [5.74, 6) is -1.19. The molecule has 4 nitrogen and oxygen atoms in total. The Labute approximate surface area is 146 Å². The minimum absolute atomic E-state index is 0.0248.